The fourth-order valence-corrected chi connectivity index (χ4v) is 3.20. The van der Waals surface area contributed by atoms with E-state index in [4.69, 9.17) is 0 Å². The van der Waals surface area contributed by atoms with Gasteiger partial charge in [-0.1, -0.05) is 6.92 Å². The number of nitrogens with zero attached hydrogens (tertiary/aromatic N) is 3. The van der Waals surface area contributed by atoms with Gasteiger partial charge in [0.05, 0.1) is 13.1 Å². The van der Waals surface area contributed by atoms with E-state index in [9.17, 15) is 19.8 Å². The summed E-state index contributed by atoms with van der Waals surface area (Å²) >= 11 is 0. The molecule has 0 aromatic heterocycles. The van der Waals surface area contributed by atoms with Crippen LogP contribution < -0.4 is 0 Å². The van der Waals surface area contributed by atoms with Gasteiger partial charge in [0.2, 0.25) is 0 Å². The molecule has 0 spiro atoms. The molecule has 2 N–H and O–H groups in total. The Morgan fingerprint density at radius 1 is 1.38 bits per heavy atom. The number of piperazine rings is 1. The number of carboxylic acid groups (broad SMARTS) is 2. The van der Waals surface area contributed by atoms with Gasteiger partial charge < -0.3 is 15.1 Å². The van der Waals surface area contributed by atoms with Gasteiger partial charge in [0, 0.05) is 0 Å². The van der Waals surface area contributed by atoms with Gasteiger partial charge in [0.1, 0.15) is 18.6 Å². The summed E-state index contributed by atoms with van der Waals surface area (Å²) in [5.41, 5.74) is -1.59. The van der Waals surface area contributed by atoms with Crippen molar-refractivity contribution in [2.75, 3.05) is 26.2 Å². The molecule has 1 amide bonds. The highest BCUT2D eigenvalue weighted by Gasteiger charge is 2.55. The van der Waals surface area contributed by atoms with Crippen molar-refractivity contribution in [3.05, 3.63) is 0 Å². The molecule has 2 rings (SSSR count). The lowest BCUT2D eigenvalue weighted by atomic mass is 9.97. The maximum atomic E-state index is 11.9. The van der Waals surface area contributed by atoms with E-state index in [1.54, 1.807) is 6.92 Å². The minimum absolute atomic E-state index is 0.109. The van der Waals surface area contributed by atoms with E-state index in [1.807, 2.05) is 25.7 Å². The van der Waals surface area contributed by atoms with Crippen LogP contribution in [-0.2, 0) is 4.79 Å². The van der Waals surface area contributed by atoms with Gasteiger partial charge in [-0.05, 0) is 27.2 Å². The van der Waals surface area contributed by atoms with Crippen LogP contribution in [0.2, 0.25) is 0 Å². The molecule has 1 saturated heterocycles. The number of amides is 1. The molecule has 118 valence electrons. The number of hydrogen-bond acceptors (Lipinski definition) is 4. The first-order chi connectivity index (χ1) is 9.58. The van der Waals surface area contributed by atoms with Gasteiger partial charge in [0.15, 0.2) is 11.4 Å². The Labute approximate surface area is 124 Å². The lowest BCUT2D eigenvalue weighted by Crippen LogP contribution is -2.70. The Morgan fingerprint density at radius 3 is 2.43 bits per heavy atom. The van der Waals surface area contributed by atoms with Gasteiger partial charge >= 0.3 is 12.1 Å². The van der Waals surface area contributed by atoms with Crippen LogP contribution in [-0.4, -0.2) is 74.8 Å². The molecule has 2 unspecified atom stereocenters. The highest BCUT2D eigenvalue weighted by molar-refractivity contribution is 5.93. The highest BCUT2D eigenvalue weighted by Crippen LogP contribution is 2.33. The van der Waals surface area contributed by atoms with Crippen LogP contribution in [0.4, 0.5) is 4.79 Å². The number of amidine groups is 1. The zero-order chi connectivity index (χ0) is 16.1. The van der Waals surface area contributed by atoms with E-state index in [2.05, 4.69) is 4.99 Å². The van der Waals surface area contributed by atoms with Crippen LogP contribution in [0.25, 0.3) is 0 Å². The molecular formula is C14H24N3O4+. The predicted octanol–water partition coefficient (Wildman–Crippen LogP) is 1.24. The minimum atomic E-state index is -1.12. The average Bonchev–Trinajstić information content (AvgIpc) is 2.75. The van der Waals surface area contributed by atoms with Crippen molar-refractivity contribution in [1.82, 2.24) is 4.90 Å². The number of rotatable bonds is 2. The van der Waals surface area contributed by atoms with Crippen LogP contribution in [0.15, 0.2) is 4.99 Å². The molecule has 7 heteroatoms. The maximum Gasteiger partial charge on any atom is 0.514 e. The lowest BCUT2D eigenvalue weighted by Gasteiger charge is -2.47. The SMILES string of the molecule is CCC1(C(=O)O)CN2CC[N+](C(=O)O)(C(C)(C)C)CC2=N1. The van der Waals surface area contributed by atoms with E-state index >= 15 is 0 Å². The molecule has 0 aliphatic carbocycles. The smallest absolute Gasteiger partial charge is 0.479 e. The predicted molar refractivity (Wildman–Crippen MR) is 77.4 cm³/mol. The molecule has 0 bridgehead atoms. The Kier molecular flexibility index (Phi) is 3.52. The summed E-state index contributed by atoms with van der Waals surface area (Å²) in [5.74, 6) is -0.320. The Hall–Kier alpha value is -1.63. The summed E-state index contributed by atoms with van der Waals surface area (Å²) in [4.78, 5) is 29.7. The number of carbonyl (C=O) groups is 2. The monoisotopic (exact) mass is 298 g/mol. The third kappa shape index (κ3) is 2.19. The van der Waals surface area contributed by atoms with Crippen LogP contribution in [0.3, 0.4) is 0 Å². The van der Waals surface area contributed by atoms with Gasteiger partial charge in [-0.25, -0.2) is 14.3 Å². The molecule has 2 aliphatic rings. The highest BCUT2D eigenvalue weighted by atomic mass is 16.4. The molecular weight excluding hydrogens is 274 g/mol. The number of aliphatic carboxylic acids is 1. The second-order valence-electron chi connectivity index (χ2n) is 6.94. The van der Waals surface area contributed by atoms with E-state index in [-0.39, 0.29) is 11.0 Å². The average molecular weight is 298 g/mol. The van der Waals surface area contributed by atoms with Gasteiger partial charge in [-0.2, -0.15) is 4.79 Å². The largest absolute Gasteiger partial charge is 0.514 e. The van der Waals surface area contributed by atoms with Gasteiger partial charge in [-0.3, -0.25) is 0 Å². The summed E-state index contributed by atoms with van der Waals surface area (Å²) in [7, 11) is 0. The van der Waals surface area contributed by atoms with Gasteiger partial charge in [-0.15, -0.1) is 0 Å². The summed E-state index contributed by atoms with van der Waals surface area (Å²) in [6.45, 7) is 9.07. The summed E-state index contributed by atoms with van der Waals surface area (Å²) in [6.07, 6.45) is -0.473. The van der Waals surface area contributed by atoms with E-state index in [1.165, 1.54) is 0 Å². The Morgan fingerprint density at radius 2 is 2.00 bits per heavy atom. The molecule has 0 saturated carbocycles. The van der Waals surface area contributed by atoms with Crippen LogP contribution in [0.5, 0.6) is 0 Å². The number of fused-ring (bicyclic) bond motifs is 1. The van der Waals surface area contributed by atoms with Crippen molar-refractivity contribution in [3.63, 3.8) is 0 Å². The van der Waals surface area contributed by atoms with Gasteiger partial charge in [0.25, 0.3) is 0 Å². The number of aliphatic imine (C=N–C) groups is 1. The second-order valence-corrected chi connectivity index (χ2v) is 6.94. The number of carboxylic acids is 1. The molecule has 7 nitrogen and oxygen atoms in total. The van der Waals surface area contributed by atoms with Crippen molar-refractivity contribution >= 4 is 17.9 Å². The van der Waals surface area contributed by atoms with Crippen LogP contribution >= 0.6 is 0 Å². The summed E-state index contributed by atoms with van der Waals surface area (Å²) in [6, 6.07) is 0. The Bertz CT molecular complexity index is 511. The fourth-order valence-electron chi connectivity index (χ4n) is 3.20. The first-order valence-corrected chi connectivity index (χ1v) is 7.26. The normalized spacial score (nSPS) is 32.6. The number of hydrogen-bond donors (Lipinski definition) is 2. The number of quaternary nitrogens is 1. The first kappa shape index (κ1) is 15.8. The molecule has 0 radical (unpaired) electrons. The van der Waals surface area contributed by atoms with E-state index < -0.39 is 23.1 Å². The molecule has 2 heterocycles. The van der Waals surface area contributed by atoms with Crippen molar-refractivity contribution in [2.24, 2.45) is 4.99 Å². The van der Waals surface area contributed by atoms with E-state index in [0.29, 0.717) is 31.9 Å². The standard InChI is InChI=1S/C14H23N3O4/c1-5-14(11(18)19)9-16-6-7-17(12(20)21,13(2,3)4)8-10(16)15-14/h5-9H2,1-4H3,(H-,18,19,20,21)/p+1. The van der Waals surface area contributed by atoms with Crippen molar-refractivity contribution < 1.29 is 24.3 Å². The second kappa shape index (κ2) is 4.69. The zero-order valence-corrected chi connectivity index (χ0v) is 13.1. The van der Waals surface area contributed by atoms with Crippen LogP contribution in [0, 0.1) is 0 Å². The van der Waals surface area contributed by atoms with Crippen molar-refractivity contribution in [1.29, 1.82) is 0 Å². The third-order valence-electron chi connectivity index (χ3n) is 4.96. The molecule has 0 aromatic rings. The third-order valence-corrected chi connectivity index (χ3v) is 4.96. The van der Waals surface area contributed by atoms with Crippen molar-refractivity contribution in [3.8, 4) is 0 Å². The minimum Gasteiger partial charge on any atom is -0.479 e. The van der Waals surface area contributed by atoms with E-state index in [0.717, 1.165) is 0 Å². The molecule has 2 aliphatic heterocycles. The molecule has 2 atom stereocenters. The summed E-state index contributed by atoms with van der Waals surface area (Å²) in [5, 5.41) is 19.2. The fraction of sp³-hybridized carbons (Fsp3) is 0.786. The maximum absolute atomic E-state index is 11.9. The topological polar surface area (TPSA) is 90.2 Å². The quantitative estimate of drug-likeness (QED) is 0.749. The molecule has 21 heavy (non-hydrogen) atoms. The summed E-state index contributed by atoms with van der Waals surface area (Å²) < 4.78 is -0.109. The zero-order valence-electron chi connectivity index (χ0n) is 13.1. The van der Waals surface area contributed by atoms with Crippen LogP contribution in [0.1, 0.15) is 34.1 Å². The first-order valence-electron chi connectivity index (χ1n) is 7.26. The molecule has 0 aromatic carbocycles. The molecule has 1 fully saturated rings. The van der Waals surface area contributed by atoms with Crippen molar-refractivity contribution in [2.45, 2.75) is 45.2 Å². The Balaban J connectivity index is 2.40. The lowest BCUT2D eigenvalue weighted by molar-refractivity contribution is -0.897.